The van der Waals surface area contributed by atoms with E-state index in [2.05, 4.69) is 20.6 Å². The number of methoxy groups -OCH3 is 2. The highest BCUT2D eigenvalue weighted by molar-refractivity contribution is 6.07. The van der Waals surface area contributed by atoms with Crippen molar-refractivity contribution in [1.29, 1.82) is 0 Å². The van der Waals surface area contributed by atoms with Crippen LogP contribution in [0.5, 0.6) is 11.8 Å². The maximum absolute atomic E-state index is 12.6. The fourth-order valence-electron chi connectivity index (χ4n) is 2.52. The number of anilines is 2. The number of hydrogen-bond donors (Lipinski definition) is 2. The topological polar surface area (TPSA) is 106 Å². The molecule has 1 aliphatic rings. The second-order valence-electron chi connectivity index (χ2n) is 5.16. The highest BCUT2D eigenvalue weighted by Crippen LogP contribution is 2.26. The van der Waals surface area contributed by atoms with Gasteiger partial charge in [-0.25, -0.2) is 14.8 Å². The van der Waals surface area contributed by atoms with Crippen molar-refractivity contribution >= 4 is 23.3 Å². The number of aromatic nitrogens is 2. The Morgan fingerprint density at radius 3 is 2.56 bits per heavy atom. The number of urea groups is 1. The monoisotopic (exact) mass is 343 g/mol. The summed E-state index contributed by atoms with van der Waals surface area (Å²) in [6.45, 7) is 1.16. The van der Waals surface area contributed by atoms with Gasteiger partial charge in [0.2, 0.25) is 11.8 Å². The first-order valence-electron chi connectivity index (χ1n) is 7.53. The van der Waals surface area contributed by atoms with E-state index in [4.69, 9.17) is 9.47 Å². The highest BCUT2D eigenvalue weighted by Gasteiger charge is 2.23. The predicted octanol–water partition coefficient (Wildman–Crippen LogP) is 1.28. The lowest BCUT2D eigenvalue weighted by Crippen LogP contribution is -2.27. The number of carbonyl (C=O) groups excluding carboxylic acids is 2. The summed E-state index contributed by atoms with van der Waals surface area (Å²) in [5.74, 6) is -0.254. The Hall–Kier alpha value is -3.36. The van der Waals surface area contributed by atoms with Gasteiger partial charge in [-0.3, -0.25) is 9.69 Å². The molecule has 0 aliphatic carbocycles. The Labute approximate surface area is 144 Å². The van der Waals surface area contributed by atoms with Crippen LogP contribution in [0.2, 0.25) is 0 Å². The van der Waals surface area contributed by atoms with Crippen molar-refractivity contribution in [3.63, 3.8) is 0 Å². The number of carbonyl (C=O) groups is 2. The molecule has 9 nitrogen and oxygen atoms in total. The van der Waals surface area contributed by atoms with E-state index in [9.17, 15) is 9.59 Å². The molecule has 0 saturated carbocycles. The molecule has 1 fully saturated rings. The standard InChI is InChI=1S/C16H17N5O4/c1-24-14-12(15(25-2)19-9-18-14)13(22)20-10-4-3-5-11(8-10)21-7-6-17-16(21)23/h3-5,8-9H,6-7H2,1-2H3,(H,17,23)(H,20,22). The molecule has 130 valence electrons. The van der Waals surface area contributed by atoms with Crippen molar-refractivity contribution in [3.8, 4) is 11.8 Å². The predicted molar refractivity (Wildman–Crippen MR) is 90.3 cm³/mol. The molecule has 0 bridgehead atoms. The van der Waals surface area contributed by atoms with Gasteiger partial charge in [0.25, 0.3) is 5.91 Å². The molecule has 1 aromatic heterocycles. The van der Waals surface area contributed by atoms with Crippen LogP contribution in [0.1, 0.15) is 10.4 Å². The molecule has 1 aromatic carbocycles. The lowest BCUT2D eigenvalue weighted by atomic mass is 10.2. The summed E-state index contributed by atoms with van der Waals surface area (Å²) in [6, 6.07) is 6.83. The number of amides is 3. The minimum Gasteiger partial charge on any atom is -0.480 e. The maximum Gasteiger partial charge on any atom is 0.321 e. The second-order valence-corrected chi connectivity index (χ2v) is 5.16. The van der Waals surface area contributed by atoms with Crippen LogP contribution in [-0.2, 0) is 0 Å². The molecule has 0 spiro atoms. The van der Waals surface area contributed by atoms with Gasteiger partial charge in [0.1, 0.15) is 6.33 Å². The van der Waals surface area contributed by atoms with Crippen LogP contribution in [0.3, 0.4) is 0 Å². The molecule has 3 rings (SSSR count). The van der Waals surface area contributed by atoms with Crippen molar-refractivity contribution in [2.24, 2.45) is 0 Å². The summed E-state index contributed by atoms with van der Waals surface area (Å²) < 4.78 is 10.2. The Morgan fingerprint density at radius 1 is 1.24 bits per heavy atom. The zero-order chi connectivity index (χ0) is 17.8. The third kappa shape index (κ3) is 3.30. The van der Waals surface area contributed by atoms with Crippen LogP contribution < -0.4 is 25.0 Å². The van der Waals surface area contributed by atoms with Crippen LogP contribution in [-0.4, -0.2) is 49.2 Å². The Kier molecular flexibility index (Phi) is 4.64. The van der Waals surface area contributed by atoms with Gasteiger partial charge < -0.3 is 20.1 Å². The van der Waals surface area contributed by atoms with Crippen LogP contribution in [0.4, 0.5) is 16.2 Å². The van der Waals surface area contributed by atoms with Gasteiger partial charge in [0.15, 0.2) is 5.56 Å². The molecule has 2 aromatic rings. The zero-order valence-electron chi connectivity index (χ0n) is 13.8. The number of rotatable bonds is 5. The summed E-state index contributed by atoms with van der Waals surface area (Å²) in [4.78, 5) is 33.8. The number of nitrogens with zero attached hydrogens (tertiary/aromatic N) is 3. The summed E-state index contributed by atoms with van der Waals surface area (Å²) in [7, 11) is 2.82. The van der Waals surface area contributed by atoms with Gasteiger partial charge in [-0.15, -0.1) is 0 Å². The van der Waals surface area contributed by atoms with E-state index in [1.807, 2.05) is 0 Å². The highest BCUT2D eigenvalue weighted by atomic mass is 16.5. The van der Waals surface area contributed by atoms with Crippen LogP contribution >= 0.6 is 0 Å². The van der Waals surface area contributed by atoms with E-state index in [1.54, 1.807) is 29.2 Å². The molecule has 1 saturated heterocycles. The maximum atomic E-state index is 12.6. The quantitative estimate of drug-likeness (QED) is 0.847. The molecule has 1 aliphatic heterocycles. The summed E-state index contributed by atoms with van der Waals surface area (Å²) in [5, 5.41) is 5.48. The Balaban J connectivity index is 1.86. The van der Waals surface area contributed by atoms with Crippen molar-refractivity contribution in [2.75, 3.05) is 37.5 Å². The molecular formula is C16H17N5O4. The lowest BCUT2D eigenvalue weighted by Gasteiger charge is -2.16. The minimum absolute atomic E-state index is 0.0943. The molecule has 3 amide bonds. The number of ether oxygens (including phenoxy) is 2. The molecule has 0 unspecified atom stereocenters. The van der Waals surface area contributed by atoms with Crippen molar-refractivity contribution in [1.82, 2.24) is 15.3 Å². The fraction of sp³-hybridized carbons (Fsp3) is 0.250. The fourth-order valence-corrected chi connectivity index (χ4v) is 2.52. The van der Waals surface area contributed by atoms with E-state index in [1.165, 1.54) is 20.5 Å². The zero-order valence-corrected chi connectivity index (χ0v) is 13.8. The van der Waals surface area contributed by atoms with E-state index in [0.717, 1.165) is 0 Å². The molecule has 2 N–H and O–H groups in total. The van der Waals surface area contributed by atoms with Gasteiger partial charge in [-0.2, -0.15) is 0 Å². The Morgan fingerprint density at radius 2 is 1.96 bits per heavy atom. The third-order valence-corrected chi connectivity index (χ3v) is 3.66. The van der Waals surface area contributed by atoms with Gasteiger partial charge in [0.05, 0.1) is 14.2 Å². The first-order chi connectivity index (χ1) is 12.1. The van der Waals surface area contributed by atoms with Gasteiger partial charge in [-0.1, -0.05) is 6.07 Å². The average molecular weight is 343 g/mol. The lowest BCUT2D eigenvalue weighted by molar-refractivity contribution is 0.101. The summed E-state index contributed by atoms with van der Waals surface area (Å²) >= 11 is 0. The van der Waals surface area contributed by atoms with E-state index < -0.39 is 5.91 Å². The van der Waals surface area contributed by atoms with E-state index >= 15 is 0 Å². The van der Waals surface area contributed by atoms with Crippen LogP contribution in [0.25, 0.3) is 0 Å². The molecular weight excluding hydrogens is 326 g/mol. The summed E-state index contributed by atoms with van der Waals surface area (Å²) in [6.07, 6.45) is 1.25. The molecule has 25 heavy (non-hydrogen) atoms. The largest absolute Gasteiger partial charge is 0.480 e. The van der Waals surface area contributed by atoms with Crippen LogP contribution in [0, 0.1) is 0 Å². The number of nitrogens with one attached hydrogen (secondary N) is 2. The molecule has 2 heterocycles. The molecule has 9 heteroatoms. The van der Waals surface area contributed by atoms with Crippen LogP contribution in [0.15, 0.2) is 30.6 Å². The second kappa shape index (κ2) is 7.04. The van der Waals surface area contributed by atoms with Gasteiger partial charge in [-0.05, 0) is 18.2 Å². The third-order valence-electron chi connectivity index (χ3n) is 3.66. The first kappa shape index (κ1) is 16.5. The normalized spacial score (nSPS) is 13.4. The number of hydrogen-bond acceptors (Lipinski definition) is 6. The van der Waals surface area contributed by atoms with Crippen molar-refractivity contribution < 1.29 is 19.1 Å². The Bertz CT molecular complexity index is 789. The SMILES string of the molecule is COc1ncnc(OC)c1C(=O)Nc1cccc(N2CCNC2=O)c1. The number of benzene rings is 1. The summed E-state index contributed by atoms with van der Waals surface area (Å²) in [5.41, 5.74) is 1.31. The molecule has 0 radical (unpaired) electrons. The first-order valence-corrected chi connectivity index (χ1v) is 7.53. The van der Waals surface area contributed by atoms with Crippen molar-refractivity contribution in [2.45, 2.75) is 0 Å². The average Bonchev–Trinajstić information content (AvgIpc) is 3.07. The molecule has 0 atom stereocenters. The minimum atomic E-state index is -0.475. The van der Waals surface area contributed by atoms with Gasteiger partial charge >= 0.3 is 6.03 Å². The smallest absolute Gasteiger partial charge is 0.321 e. The van der Waals surface area contributed by atoms with Gasteiger partial charge in [0, 0.05) is 24.5 Å². The van der Waals surface area contributed by atoms with E-state index in [-0.39, 0.29) is 23.4 Å². The van der Waals surface area contributed by atoms with Crippen molar-refractivity contribution in [3.05, 3.63) is 36.2 Å². The van der Waals surface area contributed by atoms with E-state index in [0.29, 0.717) is 24.5 Å².